The molecule has 1 saturated heterocycles. The number of hydrogen-bond acceptors (Lipinski definition) is 3. The highest BCUT2D eigenvalue weighted by Crippen LogP contribution is 2.34. The normalized spacial score (nSPS) is 17.2. The van der Waals surface area contributed by atoms with E-state index in [0.29, 0.717) is 0 Å². The van der Waals surface area contributed by atoms with E-state index in [2.05, 4.69) is 17.9 Å². The van der Waals surface area contributed by atoms with Gasteiger partial charge in [-0.1, -0.05) is 30.3 Å². The van der Waals surface area contributed by atoms with Crippen molar-refractivity contribution in [2.45, 2.75) is 38.0 Å². The van der Waals surface area contributed by atoms with Crippen molar-refractivity contribution >= 4 is 5.69 Å². The summed E-state index contributed by atoms with van der Waals surface area (Å²) in [6, 6.07) is 20.9. The van der Waals surface area contributed by atoms with Crippen LogP contribution in [-0.4, -0.2) is 25.8 Å². The molecule has 2 atom stereocenters. The van der Waals surface area contributed by atoms with E-state index >= 15 is 0 Å². The minimum atomic E-state index is -0.413. The minimum Gasteiger partial charge on any atom is -0.497 e. The Morgan fingerprint density at radius 2 is 1.52 bits per heavy atom. The predicted molar refractivity (Wildman–Crippen MR) is 119 cm³/mol. The third-order valence-electron chi connectivity index (χ3n) is 5.92. The van der Waals surface area contributed by atoms with Gasteiger partial charge in [-0.15, -0.1) is 0 Å². The fraction of sp³-hybridized carbons (Fsp3) is 0.308. The van der Waals surface area contributed by atoms with Crippen LogP contribution in [0.5, 0.6) is 5.75 Å². The molecule has 2 unspecified atom stereocenters. The Morgan fingerprint density at radius 1 is 0.903 bits per heavy atom. The standard InChI is InChI=1S/C26H27F2NO2/c1-18(25-7-4-16-29(25)23-5-3-6-24(17-23)30-2)31-26(19-8-12-21(27)13-9-19)20-10-14-22(28)15-11-20/h3,5-6,8-15,17-18,25-26H,4,7,16H2,1-2H3. The molecule has 1 aliphatic rings. The number of nitrogens with zero attached hydrogens (tertiary/aromatic N) is 1. The van der Waals surface area contributed by atoms with Gasteiger partial charge in [0.25, 0.3) is 0 Å². The van der Waals surface area contributed by atoms with E-state index in [1.807, 2.05) is 18.2 Å². The van der Waals surface area contributed by atoms with Gasteiger partial charge in [0, 0.05) is 18.3 Å². The van der Waals surface area contributed by atoms with Gasteiger partial charge in [-0.3, -0.25) is 0 Å². The second-order valence-electron chi connectivity index (χ2n) is 7.93. The van der Waals surface area contributed by atoms with Crippen LogP contribution in [0.15, 0.2) is 72.8 Å². The van der Waals surface area contributed by atoms with Gasteiger partial charge in [0.1, 0.15) is 23.5 Å². The molecule has 0 spiro atoms. The van der Waals surface area contributed by atoms with Crippen LogP contribution >= 0.6 is 0 Å². The van der Waals surface area contributed by atoms with Crippen molar-refractivity contribution < 1.29 is 18.3 Å². The average molecular weight is 424 g/mol. The highest BCUT2D eigenvalue weighted by atomic mass is 19.1. The van der Waals surface area contributed by atoms with Gasteiger partial charge >= 0.3 is 0 Å². The Morgan fingerprint density at radius 3 is 2.10 bits per heavy atom. The summed E-state index contributed by atoms with van der Waals surface area (Å²) >= 11 is 0. The predicted octanol–water partition coefficient (Wildman–Crippen LogP) is 6.14. The molecule has 1 aliphatic heterocycles. The first-order valence-corrected chi connectivity index (χ1v) is 10.6. The quantitative estimate of drug-likeness (QED) is 0.456. The molecule has 0 aromatic heterocycles. The first-order chi connectivity index (χ1) is 15.0. The van der Waals surface area contributed by atoms with Gasteiger partial charge in [-0.05, 0) is 67.3 Å². The van der Waals surface area contributed by atoms with E-state index in [9.17, 15) is 8.78 Å². The molecule has 0 saturated carbocycles. The Kier molecular flexibility index (Phi) is 6.52. The van der Waals surface area contributed by atoms with Crippen LogP contribution in [0.3, 0.4) is 0 Å². The number of hydrogen-bond donors (Lipinski definition) is 0. The first-order valence-electron chi connectivity index (χ1n) is 10.6. The summed E-state index contributed by atoms with van der Waals surface area (Å²) in [4.78, 5) is 2.36. The Hall–Kier alpha value is -2.92. The second-order valence-corrected chi connectivity index (χ2v) is 7.93. The average Bonchev–Trinajstić information content (AvgIpc) is 3.29. The van der Waals surface area contributed by atoms with E-state index in [4.69, 9.17) is 9.47 Å². The van der Waals surface area contributed by atoms with E-state index in [-0.39, 0.29) is 23.8 Å². The molecule has 0 amide bonds. The van der Waals surface area contributed by atoms with Crippen molar-refractivity contribution in [3.63, 3.8) is 0 Å². The van der Waals surface area contributed by atoms with E-state index in [0.717, 1.165) is 42.0 Å². The molecule has 0 radical (unpaired) electrons. The summed E-state index contributed by atoms with van der Waals surface area (Å²) in [7, 11) is 1.67. The molecule has 5 heteroatoms. The van der Waals surface area contributed by atoms with Crippen LogP contribution in [0.1, 0.15) is 37.0 Å². The number of rotatable bonds is 7. The van der Waals surface area contributed by atoms with Gasteiger partial charge in [-0.2, -0.15) is 0 Å². The summed E-state index contributed by atoms with van der Waals surface area (Å²) < 4.78 is 39.0. The maximum absolute atomic E-state index is 13.5. The van der Waals surface area contributed by atoms with Crippen LogP contribution in [0, 0.1) is 11.6 Å². The lowest BCUT2D eigenvalue weighted by atomic mass is 10.00. The summed E-state index contributed by atoms with van der Waals surface area (Å²) in [5.74, 6) is 0.233. The Labute approximate surface area is 182 Å². The zero-order valence-corrected chi connectivity index (χ0v) is 17.8. The summed E-state index contributed by atoms with van der Waals surface area (Å²) in [6.07, 6.45) is 1.57. The third-order valence-corrected chi connectivity index (χ3v) is 5.92. The smallest absolute Gasteiger partial charge is 0.123 e. The fourth-order valence-corrected chi connectivity index (χ4v) is 4.32. The molecular formula is C26H27F2NO2. The summed E-state index contributed by atoms with van der Waals surface area (Å²) in [5, 5.41) is 0. The highest BCUT2D eigenvalue weighted by molar-refractivity contribution is 5.52. The highest BCUT2D eigenvalue weighted by Gasteiger charge is 2.32. The lowest BCUT2D eigenvalue weighted by Crippen LogP contribution is -2.39. The van der Waals surface area contributed by atoms with Gasteiger partial charge in [0.15, 0.2) is 0 Å². The molecule has 0 N–H and O–H groups in total. The molecule has 0 aliphatic carbocycles. The van der Waals surface area contributed by atoms with Gasteiger partial charge < -0.3 is 14.4 Å². The topological polar surface area (TPSA) is 21.7 Å². The minimum absolute atomic E-state index is 0.103. The van der Waals surface area contributed by atoms with Crippen molar-refractivity contribution in [1.82, 2.24) is 0 Å². The molecule has 4 rings (SSSR count). The maximum Gasteiger partial charge on any atom is 0.123 e. The van der Waals surface area contributed by atoms with E-state index in [1.165, 1.54) is 24.3 Å². The maximum atomic E-state index is 13.5. The van der Waals surface area contributed by atoms with Gasteiger partial charge in [0.2, 0.25) is 0 Å². The zero-order chi connectivity index (χ0) is 21.8. The number of benzene rings is 3. The Bertz CT molecular complexity index is 946. The van der Waals surface area contributed by atoms with Crippen molar-refractivity contribution in [1.29, 1.82) is 0 Å². The fourth-order valence-electron chi connectivity index (χ4n) is 4.32. The SMILES string of the molecule is COc1cccc(N2CCCC2C(C)OC(c2ccc(F)cc2)c2ccc(F)cc2)c1. The van der Waals surface area contributed by atoms with Crippen LogP contribution in [0.2, 0.25) is 0 Å². The summed E-state index contributed by atoms with van der Waals surface area (Å²) in [6.45, 7) is 3.02. The third kappa shape index (κ3) is 4.88. The van der Waals surface area contributed by atoms with Gasteiger partial charge in [0.05, 0.1) is 19.3 Å². The van der Waals surface area contributed by atoms with E-state index in [1.54, 1.807) is 31.4 Å². The van der Waals surface area contributed by atoms with Crippen LogP contribution in [-0.2, 0) is 4.74 Å². The summed E-state index contributed by atoms with van der Waals surface area (Å²) in [5.41, 5.74) is 2.79. The van der Waals surface area contributed by atoms with E-state index < -0.39 is 6.10 Å². The van der Waals surface area contributed by atoms with Crippen LogP contribution in [0.4, 0.5) is 14.5 Å². The molecule has 0 bridgehead atoms. The first kappa shape index (κ1) is 21.3. The largest absolute Gasteiger partial charge is 0.497 e. The Balaban J connectivity index is 1.59. The molecule has 1 heterocycles. The zero-order valence-electron chi connectivity index (χ0n) is 17.8. The molecule has 162 valence electrons. The molecule has 3 aromatic carbocycles. The number of ether oxygens (including phenoxy) is 2. The second kappa shape index (κ2) is 9.48. The van der Waals surface area contributed by atoms with Crippen molar-refractivity contribution in [3.05, 3.63) is 95.6 Å². The number of anilines is 1. The number of halogens is 2. The van der Waals surface area contributed by atoms with Crippen LogP contribution in [0.25, 0.3) is 0 Å². The molecule has 3 nitrogen and oxygen atoms in total. The lowest BCUT2D eigenvalue weighted by molar-refractivity contribution is 0.00553. The monoisotopic (exact) mass is 423 g/mol. The molecule has 1 fully saturated rings. The molecule has 31 heavy (non-hydrogen) atoms. The van der Waals surface area contributed by atoms with Crippen molar-refractivity contribution in [2.75, 3.05) is 18.6 Å². The van der Waals surface area contributed by atoms with Crippen LogP contribution < -0.4 is 9.64 Å². The van der Waals surface area contributed by atoms with Crippen molar-refractivity contribution in [2.24, 2.45) is 0 Å². The van der Waals surface area contributed by atoms with Crippen molar-refractivity contribution in [3.8, 4) is 5.75 Å². The number of methoxy groups -OCH3 is 1. The molecule has 3 aromatic rings. The molecular weight excluding hydrogens is 396 g/mol. The lowest BCUT2D eigenvalue weighted by Gasteiger charge is -2.34. The van der Waals surface area contributed by atoms with Gasteiger partial charge in [-0.25, -0.2) is 8.78 Å².